The fourth-order valence-corrected chi connectivity index (χ4v) is 3.48. The van der Waals surface area contributed by atoms with Crippen molar-refractivity contribution in [2.45, 2.75) is 12.6 Å². The van der Waals surface area contributed by atoms with Gasteiger partial charge in [-0.3, -0.25) is 4.79 Å². The van der Waals surface area contributed by atoms with E-state index in [1.54, 1.807) is 5.01 Å². The lowest BCUT2D eigenvalue weighted by Crippen LogP contribution is -2.45. The molecule has 0 atom stereocenters. The number of halogens is 3. The molecule has 144 valence electrons. The lowest BCUT2D eigenvalue weighted by molar-refractivity contribution is -0.137. The van der Waals surface area contributed by atoms with Gasteiger partial charge in [-0.1, -0.05) is 12.1 Å². The van der Waals surface area contributed by atoms with E-state index in [2.05, 4.69) is 15.8 Å². The molecule has 2 fully saturated rings. The smallest absolute Gasteiger partial charge is 0.356 e. The number of hydrazine groups is 2. The van der Waals surface area contributed by atoms with Crippen molar-refractivity contribution >= 4 is 23.0 Å². The lowest BCUT2D eigenvalue weighted by Gasteiger charge is -2.39. The van der Waals surface area contributed by atoms with Crippen molar-refractivity contribution < 1.29 is 18.0 Å². The molecule has 0 radical (unpaired) electrons. The van der Waals surface area contributed by atoms with Gasteiger partial charge in [0.15, 0.2) is 5.70 Å². The van der Waals surface area contributed by atoms with Crippen LogP contribution in [-0.4, -0.2) is 23.9 Å². The number of alkyl halides is 3. The summed E-state index contributed by atoms with van der Waals surface area (Å²) in [6.07, 6.45) is -3.38. The Morgan fingerprint density at radius 2 is 1.64 bits per heavy atom. The van der Waals surface area contributed by atoms with E-state index in [-0.39, 0.29) is 5.91 Å². The van der Waals surface area contributed by atoms with Gasteiger partial charge in [-0.2, -0.15) is 13.2 Å². The largest absolute Gasteiger partial charge is 0.416 e. The van der Waals surface area contributed by atoms with E-state index in [1.165, 1.54) is 17.1 Å². The molecule has 3 aliphatic rings. The molecular weight excluding hydrogens is 371 g/mol. The summed E-state index contributed by atoms with van der Waals surface area (Å²) in [4.78, 5) is 15.2. The molecule has 0 bridgehead atoms. The molecule has 3 heterocycles. The average molecular weight is 387 g/mol. The van der Waals surface area contributed by atoms with E-state index in [1.807, 2.05) is 24.3 Å². The molecule has 2 aromatic rings. The van der Waals surface area contributed by atoms with E-state index in [0.717, 1.165) is 43.0 Å². The standard InChI is InChI=1S/C19H16F3N5O/c20-19(21,22)12-6-8-13(9-7-12)26-18(28)16-17(25-10-3-11-25)23-14-4-1-2-5-15(14)27(16)24-26/h1-2,4-9,23-24H,3,10-11H2. The summed E-state index contributed by atoms with van der Waals surface area (Å²) in [6, 6.07) is 12.1. The SMILES string of the molecule is O=C1C2=C(N3CCC3)Nc3ccccc3N2NN1c1ccc(C(F)(F)F)cc1. The Labute approximate surface area is 158 Å². The van der Waals surface area contributed by atoms with Crippen molar-refractivity contribution in [3.05, 3.63) is 65.6 Å². The molecule has 2 saturated heterocycles. The zero-order valence-corrected chi connectivity index (χ0v) is 14.6. The quantitative estimate of drug-likeness (QED) is 0.829. The first-order valence-corrected chi connectivity index (χ1v) is 8.87. The summed E-state index contributed by atoms with van der Waals surface area (Å²) >= 11 is 0. The van der Waals surface area contributed by atoms with Crippen LogP contribution < -0.4 is 20.9 Å². The van der Waals surface area contributed by atoms with Crippen LogP contribution in [0.5, 0.6) is 0 Å². The van der Waals surface area contributed by atoms with Crippen molar-refractivity contribution in [2.24, 2.45) is 0 Å². The summed E-state index contributed by atoms with van der Waals surface area (Å²) in [5.41, 5.74) is 4.64. The third-order valence-electron chi connectivity index (χ3n) is 5.08. The van der Waals surface area contributed by atoms with E-state index in [9.17, 15) is 18.0 Å². The van der Waals surface area contributed by atoms with Crippen molar-refractivity contribution in [3.63, 3.8) is 0 Å². The van der Waals surface area contributed by atoms with Gasteiger partial charge >= 0.3 is 6.18 Å². The van der Waals surface area contributed by atoms with Gasteiger partial charge in [0.2, 0.25) is 0 Å². The number of anilines is 3. The number of amides is 1. The van der Waals surface area contributed by atoms with E-state index in [4.69, 9.17) is 0 Å². The molecule has 0 unspecified atom stereocenters. The topological polar surface area (TPSA) is 50.9 Å². The Morgan fingerprint density at radius 1 is 0.929 bits per heavy atom. The maximum absolute atomic E-state index is 13.2. The van der Waals surface area contributed by atoms with Crippen LogP contribution in [0.1, 0.15) is 12.0 Å². The van der Waals surface area contributed by atoms with Crippen molar-refractivity contribution in [1.82, 2.24) is 10.4 Å². The first-order valence-electron chi connectivity index (χ1n) is 8.87. The number of rotatable bonds is 2. The Balaban J connectivity index is 1.55. The van der Waals surface area contributed by atoms with E-state index in [0.29, 0.717) is 17.2 Å². The molecular formula is C19H16F3N5O. The molecule has 1 amide bonds. The molecule has 3 aliphatic heterocycles. The highest BCUT2D eigenvalue weighted by atomic mass is 19.4. The molecule has 0 aromatic heterocycles. The van der Waals surface area contributed by atoms with Crippen LogP contribution in [0.2, 0.25) is 0 Å². The van der Waals surface area contributed by atoms with Crippen LogP contribution >= 0.6 is 0 Å². The maximum atomic E-state index is 13.2. The summed E-state index contributed by atoms with van der Waals surface area (Å²) < 4.78 is 38.5. The molecule has 0 saturated carbocycles. The zero-order chi connectivity index (χ0) is 19.5. The first kappa shape index (κ1) is 16.9. The normalized spacial score (nSPS) is 18.7. The first-order chi connectivity index (χ1) is 13.4. The number of hydrogen-bond donors (Lipinski definition) is 2. The van der Waals surface area contributed by atoms with Gasteiger partial charge in [-0.05, 0) is 42.8 Å². The molecule has 0 spiro atoms. The number of benzene rings is 2. The van der Waals surface area contributed by atoms with Gasteiger partial charge < -0.3 is 10.2 Å². The molecule has 2 N–H and O–H groups in total. The number of para-hydroxylation sites is 2. The predicted molar refractivity (Wildman–Crippen MR) is 97.8 cm³/mol. The molecule has 2 aromatic carbocycles. The van der Waals surface area contributed by atoms with Crippen LogP contribution in [0.4, 0.5) is 30.2 Å². The average Bonchev–Trinajstić information content (AvgIpc) is 2.98. The third kappa shape index (κ3) is 2.50. The van der Waals surface area contributed by atoms with Gasteiger partial charge in [0.05, 0.1) is 22.6 Å². The third-order valence-corrected chi connectivity index (χ3v) is 5.08. The van der Waals surface area contributed by atoms with Crippen molar-refractivity contribution in [2.75, 3.05) is 28.4 Å². The van der Waals surface area contributed by atoms with Crippen LogP contribution in [0.15, 0.2) is 60.0 Å². The molecule has 0 aliphatic carbocycles. The molecule has 5 rings (SSSR count). The van der Waals surface area contributed by atoms with Gasteiger partial charge in [0.25, 0.3) is 5.91 Å². The Hall–Kier alpha value is -3.20. The highest BCUT2D eigenvalue weighted by molar-refractivity contribution is 6.12. The maximum Gasteiger partial charge on any atom is 0.416 e. The minimum absolute atomic E-state index is 0.330. The second-order valence-electron chi connectivity index (χ2n) is 6.80. The van der Waals surface area contributed by atoms with Crippen LogP contribution in [0.3, 0.4) is 0 Å². The summed E-state index contributed by atoms with van der Waals surface area (Å²) in [5, 5.41) is 6.27. The van der Waals surface area contributed by atoms with Gasteiger partial charge in [-0.15, -0.1) is 5.53 Å². The highest BCUT2D eigenvalue weighted by Crippen LogP contribution is 2.40. The van der Waals surface area contributed by atoms with Crippen LogP contribution in [-0.2, 0) is 11.0 Å². The van der Waals surface area contributed by atoms with Gasteiger partial charge in [-0.25, -0.2) is 10.0 Å². The Bertz CT molecular complexity index is 982. The molecule has 6 nitrogen and oxygen atoms in total. The number of hydrogen-bond acceptors (Lipinski definition) is 5. The minimum Gasteiger partial charge on any atom is -0.356 e. The minimum atomic E-state index is -4.42. The Kier molecular flexibility index (Phi) is 3.57. The van der Waals surface area contributed by atoms with Crippen LogP contribution in [0, 0.1) is 0 Å². The number of carbonyl (C=O) groups is 1. The number of fused-ring (bicyclic) bond motifs is 3. The van der Waals surface area contributed by atoms with Gasteiger partial charge in [0.1, 0.15) is 5.82 Å². The fraction of sp³-hybridized carbons (Fsp3) is 0.211. The summed E-state index contributed by atoms with van der Waals surface area (Å²) in [6.45, 7) is 1.69. The summed E-state index contributed by atoms with van der Waals surface area (Å²) in [5.74, 6) is 0.375. The highest BCUT2D eigenvalue weighted by Gasteiger charge is 2.43. The fourth-order valence-electron chi connectivity index (χ4n) is 3.48. The number of nitrogens with zero attached hydrogens (tertiary/aromatic N) is 3. The summed E-state index contributed by atoms with van der Waals surface area (Å²) in [7, 11) is 0. The number of carbonyl (C=O) groups excluding carboxylic acids is 1. The molecule has 9 heteroatoms. The van der Waals surface area contributed by atoms with E-state index < -0.39 is 11.7 Å². The Morgan fingerprint density at radius 3 is 2.29 bits per heavy atom. The number of likely N-dealkylation sites (tertiary alicyclic amines) is 1. The van der Waals surface area contributed by atoms with Crippen LogP contribution in [0.25, 0.3) is 0 Å². The van der Waals surface area contributed by atoms with Crippen molar-refractivity contribution in [3.8, 4) is 0 Å². The van der Waals surface area contributed by atoms with E-state index >= 15 is 0 Å². The lowest BCUT2D eigenvalue weighted by atomic mass is 10.1. The second-order valence-corrected chi connectivity index (χ2v) is 6.80. The molecule has 28 heavy (non-hydrogen) atoms. The number of nitrogens with one attached hydrogen (secondary N) is 2. The van der Waals surface area contributed by atoms with Gasteiger partial charge in [0, 0.05) is 13.1 Å². The second kappa shape index (κ2) is 5.90. The monoisotopic (exact) mass is 387 g/mol. The zero-order valence-electron chi connectivity index (χ0n) is 14.6. The van der Waals surface area contributed by atoms with Crippen molar-refractivity contribution in [1.29, 1.82) is 0 Å². The predicted octanol–water partition coefficient (Wildman–Crippen LogP) is 3.28.